The van der Waals surface area contributed by atoms with Gasteiger partial charge in [0.25, 0.3) is 0 Å². The molecule has 5 heteroatoms. The molecule has 0 amide bonds. The van der Waals surface area contributed by atoms with Crippen molar-refractivity contribution in [2.75, 3.05) is 0 Å². The van der Waals surface area contributed by atoms with Gasteiger partial charge in [-0.15, -0.1) is 0 Å². The lowest BCUT2D eigenvalue weighted by Crippen LogP contribution is -1.99. The van der Waals surface area contributed by atoms with Crippen LogP contribution in [0.3, 0.4) is 0 Å². The topological polar surface area (TPSA) is 17.1 Å². The number of ketones is 1. The SMILES string of the molecule is O=C(/C=C/c1ccc(F)c(F)c1)c1ccc(F)cc1F. The molecule has 0 fully saturated rings. The Labute approximate surface area is 112 Å². The lowest BCUT2D eigenvalue weighted by atomic mass is 10.1. The highest BCUT2D eigenvalue weighted by Gasteiger charge is 2.09. The number of hydrogen-bond donors (Lipinski definition) is 0. The normalized spacial score (nSPS) is 11.0. The van der Waals surface area contributed by atoms with Gasteiger partial charge in [0.15, 0.2) is 17.4 Å². The summed E-state index contributed by atoms with van der Waals surface area (Å²) in [5.41, 5.74) is -0.0509. The van der Waals surface area contributed by atoms with Crippen LogP contribution < -0.4 is 0 Å². The van der Waals surface area contributed by atoms with Crippen molar-refractivity contribution >= 4 is 11.9 Å². The quantitative estimate of drug-likeness (QED) is 0.469. The molecule has 102 valence electrons. The fourth-order valence-electron chi connectivity index (χ4n) is 1.57. The zero-order chi connectivity index (χ0) is 14.7. The monoisotopic (exact) mass is 280 g/mol. The lowest BCUT2D eigenvalue weighted by Gasteiger charge is -1.99. The van der Waals surface area contributed by atoms with E-state index in [1.165, 1.54) is 12.1 Å². The van der Waals surface area contributed by atoms with Crippen LogP contribution in [0.15, 0.2) is 42.5 Å². The van der Waals surface area contributed by atoms with Gasteiger partial charge in [-0.2, -0.15) is 0 Å². The number of carbonyl (C=O) groups is 1. The Kier molecular flexibility index (Phi) is 3.98. The Balaban J connectivity index is 2.22. The number of halogens is 4. The van der Waals surface area contributed by atoms with Crippen LogP contribution in [0.5, 0.6) is 0 Å². The first-order valence-corrected chi connectivity index (χ1v) is 5.60. The zero-order valence-corrected chi connectivity index (χ0v) is 10.0. The van der Waals surface area contributed by atoms with Crippen LogP contribution in [-0.4, -0.2) is 5.78 Å². The number of carbonyl (C=O) groups excluding carboxylic acids is 1. The molecular formula is C15H8F4O. The molecule has 0 saturated heterocycles. The smallest absolute Gasteiger partial charge is 0.188 e. The number of allylic oxidation sites excluding steroid dienone is 1. The minimum Gasteiger partial charge on any atom is -0.289 e. The minimum absolute atomic E-state index is 0.250. The van der Waals surface area contributed by atoms with Gasteiger partial charge in [0, 0.05) is 6.07 Å². The van der Waals surface area contributed by atoms with Crippen LogP contribution in [-0.2, 0) is 0 Å². The van der Waals surface area contributed by atoms with Crippen LogP contribution in [0.2, 0.25) is 0 Å². The molecule has 0 aliphatic carbocycles. The molecule has 0 aliphatic rings. The van der Waals surface area contributed by atoms with E-state index in [9.17, 15) is 22.4 Å². The molecule has 2 aromatic rings. The summed E-state index contributed by atoms with van der Waals surface area (Å²) in [6.45, 7) is 0. The van der Waals surface area contributed by atoms with E-state index in [4.69, 9.17) is 0 Å². The van der Waals surface area contributed by atoms with Gasteiger partial charge in [0.2, 0.25) is 0 Å². The van der Waals surface area contributed by atoms with Crippen LogP contribution >= 0.6 is 0 Å². The van der Waals surface area contributed by atoms with E-state index in [0.717, 1.165) is 30.3 Å². The molecule has 0 heterocycles. The molecule has 0 atom stereocenters. The van der Waals surface area contributed by atoms with Gasteiger partial charge in [-0.1, -0.05) is 12.1 Å². The Bertz CT molecular complexity index is 692. The molecule has 0 radical (unpaired) electrons. The summed E-state index contributed by atoms with van der Waals surface area (Å²) in [5.74, 6) is -4.52. The summed E-state index contributed by atoms with van der Waals surface area (Å²) < 4.78 is 51.7. The second-order valence-electron chi connectivity index (χ2n) is 4.00. The van der Waals surface area contributed by atoms with E-state index in [1.807, 2.05) is 0 Å². The van der Waals surface area contributed by atoms with Crippen LogP contribution in [0, 0.1) is 23.3 Å². The van der Waals surface area contributed by atoms with Gasteiger partial charge in [0.1, 0.15) is 11.6 Å². The zero-order valence-electron chi connectivity index (χ0n) is 10.0. The summed E-state index contributed by atoms with van der Waals surface area (Å²) in [4.78, 5) is 11.7. The van der Waals surface area contributed by atoms with E-state index >= 15 is 0 Å². The largest absolute Gasteiger partial charge is 0.289 e. The Morgan fingerprint density at radius 1 is 0.850 bits per heavy atom. The maximum Gasteiger partial charge on any atom is 0.188 e. The van der Waals surface area contributed by atoms with E-state index in [2.05, 4.69) is 0 Å². The maximum absolute atomic E-state index is 13.3. The molecule has 0 bridgehead atoms. The highest BCUT2D eigenvalue weighted by atomic mass is 19.2. The van der Waals surface area contributed by atoms with Gasteiger partial charge in [0.05, 0.1) is 5.56 Å². The van der Waals surface area contributed by atoms with Crippen molar-refractivity contribution in [1.82, 2.24) is 0 Å². The Morgan fingerprint density at radius 2 is 1.60 bits per heavy atom. The first-order chi connectivity index (χ1) is 9.47. The molecule has 20 heavy (non-hydrogen) atoms. The first-order valence-electron chi connectivity index (χ1n) is 5.60. The second kappa shape index (κ2) is 5.69. The molecule has 0 spiro atoms. The van der Waals surface area contributed by atoms with Gasteiger partial charge in [-0.05, 0) is 35.9 Å². The Hall–Kier alpha value is -2.43. The molecule has 2 aromatic carbocycles. The first kappa shape index (κ1) is 14.0. The van der Waals surface area contributed by atoms with Gasteiger partial charge >= 0.3 is 0 Å². The average Bonchev–Trinajstić information content (AvgIpc) is 2.40. The number of hydrogen-bond acceptors (Lipinski definition) is 1. The highest BCUT2D eigenvalue weighted by Crippen LogP contribution is 2.13. The van der Waals surface area contributed by atoms with Crippen molar-refractivity contribution in [3.8, 4) is 0 Å². The summed E-state index contributed by atoms with van der Waals surface area (Å²) in [6, 6.07) is 5.66. The summed E-state index contributed by atoms with van der Waals surface area (Å²) >= 11 is 0. The predicted molar refractivity (Wildman–Crippen MR) is 66.1 cm³/mol. The van der Waals surface area contributed by atoms with Crippen molar-refractivity contribution in [3.05, 3.63) is 76.9 Å². The van der Waals surface area contributed by atoms with E-state index in [1.54, 1.807) is 0 Å². The van der Waals surface area contributed by atoms with Gasteiger partial charge < -0.3 is 0 Å². The maximum atomic E-state index is 13.3. The molecule has 0 saturated carbocycles. The number of rotatable bonds is 3. The average molecular weight is 280 g/mol. The van der Waals surface area contributed by atoms with E-state index < -0.39 is 29.1 Å². The standard InChI is InChI=1S/C15H8F4O/c16-10-3-4-11(13(18)8-10)15(20)6-2-9-1-5-12(17)14(19)7-9/h1-8H/b6-2+. The third-order valence-electron chi connectivity index (χ3n) is 2.57. The van der Waals surface area contributed by atoms with Crippen molar-refractivity contribution < 1.29 is 22.4 Å². The third-order valence-corrected chi connectivity index (χ3v) is 2.57. The summed E-state index contributed by atoms with van der Waals surface area (Å²) in [6.07, 6.45) is 2.22. The molecule has 1 nitrogen and oxygen atoms in total. The van der Waals surface area contributed by atoms with Crippen LogP contribution in [0.4, 0.5) is 17.6 Å². The van der Waals surface area contributed by atoms with Crippen molar-refractivity contribution in [1.29, 1.82) is 0 Å². The predicted octanol–water partition coefficient (Wildman–Crippen LogP) is 4.14. The highest BCUT2D eigenvalue weighted by molar-refractivity contribution is 6.06. The summed E-state index contributed by atoms with van der Waals surface area (Å²) in [7, 11) is 0. The fourth-order valence-corrected chi connectivity index (χ4v) is 1.57. The van der Waals surface area contributed by atoms with Crippen molar-refractivity contribution in [3.63, 3.8) is 0 Å². The van der Waals surface area contributed by atoms with Crippen LogP contribution in [0.1, 0.15) is 15.9 Å². The molecule has 0 aliphatic heterocycles. The van der Waals surface area contributed by atoms with Crippen molar-refractivity contribution in [2.45, 2.75) is 0 Å². The molecule has 0 unspecified atom stereocenters. The third kappa shape index (κ3) is 3.12. The summed E-state index contributed by atoms with van der Waals surface area (Å²) in [5, 5.41) is 0. The molecule has 2 rings (SSSR count). The van der Waals surface area contributed by atoms with Crippen LogP contribution in [0.25, 0.3) is 6.08 Å². The van der Waals surface area contributed by atoms with Gasteiger partial charge in [-0.3, -0.25) is 4.79 Å². The second-order valence-corrected chi connectivity index (χ2v) is 4.00. The van der Waals surface area contributed by atoms with E-state index in [0.29, 0.717) is 6.07 Å². The minimum atomic E-state index is -1.05. The molecule has 0 N–H and O–H groups in total. The molecule has 0 aromatic heterocycles. The fraction of sp³-hybridized carbons (Fsp3) is 0. The van der Waals surface area contributed by atoms with Crippen molar-refractivity contribution in [2.24, 2.45) is 0 Å². The molecular weight excluding hydrogens is 272 g/mol. The number of benzene rings is 2. The lowest BCUT2D eigenvalue weighted by molar-refractivity contribution is 0.104. The van der Waals surface area contributed by atoms with Gasteiger partial charge in [-0.25, -0.2) is 17.6 Å². The van der Waals surface area contributed by atoms with E-state index in [-0.39, 0.29) is 11.1 Å². The Morgan fingerprint density at radius 3 is 2.25 bits per heavy atom.